The van der Waals surface area contributed by atoms with Gasteiger partial charge < -0.3 is 20.1 Å². The van der Waals surface area contributed by atoms with Crippen LogP contribution in [-0.2, 0) is 0 Å². The molecular formula is C28H33F3N4O2. The van der Waals surface area contributed by atoms with Crippen molar-refractivity contribution in [3.05, 3.63) is 63.3 Å². The standard InChI is InChI=1S/C28H33F3N4O2/c1-14(18-4-3-5-19(25(18)29)27(30)31)32-28(37)22-13-35(17-8-16(9-17)15-6-7-15)24(36)10-23(22)33-26-20-11-34(2)12-21(20)26/h3-5,10,13-17,20-21,26-27,33H,6-9,11-12H2,1-2H3,(H,32,37)/t14-,16-,17-,20-,21+,26+/m1/s1. The number of pyridine rings is 1. The van der Waals surface area contributed by atoms with E-state index >= 15 is 0 Å². The molecular weight excluding hydrogens is 481 g/mol. The van der Waals surface area contributed by atoms with Crippen LogP contribution in [0.25, 0.3) is 0 Å². The molecule has 4 fully saturated rings. The second-order valence-corrected chi connectivity index (χ2v) is 11.5. The molecule has 6 nitrogen and oxygen atoms in total. The average Bonchev–Trinajstić information content (AvgIpc) is 3.71. The quantitative estimate of drug-likeness (QED) is 0.534. The van der Waals surface area contributed by atoms with E-state index < -0.39 is 29.8 Å². The zero-order valence-electron chi connectivity index (χ0n) is 21.1. The van der Waals surface area contributed by atoms with Gasteiger partial charge in [-0.25, -0.2) is 13.2 Å². The number of halogens is 3. The van der Waals surface area contributed by atoms with Gasteiger partial charge in [0.1, 0.15) is 5.82 Å². The summed E-state index contributed by atoms with van der Waals surface area (Å²) in [4.78, 5) is 28.9. The minimum atomic E-state index is -2.94. The van der Waals surface area contributed by atoms with E-state index in [9.17, 15) is 22.8 Å². The molecule has 0 unspecified atom stereocenters. The van der Waals surface area contributed by atoms with Gasteiger partial charge in [-0.15, -0.1) is 0 Å². The Balaban J connectivity index is 1.26. The second-order valence-electron chi connectivity index (χ2n) is 11.5. The molecule has 1 saturated heterocycles. The molecule has 0 bridgehead atoms. The van der Waals surface area contributed by atoms with Gasteiger partial charge in [0, 0.05) is 43.0 Å². The average molecular weight is 515 g/mol. The van der Waals surface area contributed by atoms with Gasteiger partial charge in [-0.3, -0.25) is 9.59 Å². The SMILES string of the molecule is C[C@@H](NC(=O)c1cn([C@H]2C[C@H](C3CC3)C2)c(=O)cc1N[C@H]1[C@@H]2CN(C)C[C@@H]21)c1cccc(C(F)F)c1F. The van der Waals surface area contributed by atoms with Gasteiger partial charge in [-0.05, 0) is 63.3 Å². The predicted molar refractivity (Wildman–Crippen MR) is 134 cm³/mol. The van der Waals surface area contributed by atoms with Crippen molar-refractivity contribution in [3.63, 3.8) is 0 Å². The summed E-state index contributed by atoms with van der Waals surface area (Å²) in [6.07, 6.45) is 3.11. The molecule has 4 atom stereocenters. The maximum absolute atomic E-state index is 14.7. The third-order valence-electron chi connectivity index (χ3n) is 8.96. The number of anilines is 1. The number of benzene rings is 1. The molecule has 1 aromatic heterocycles. The number of hydrogen-bond acceptors (Lipinski definition) is 4. The van der Waals surface area contributed by atoms with Crippen molar-refractivity contribution >= 4 is 11.6 Å². The van der Waals surface area contributed by atoms with Crippen LogP contribution in [0.1, 0.15) is 72.6 Å². The Bertz CT molecular complexity index is 1260. The van der Waals surface area contributed by atoms with Crippen molar-refractivity contribution in [1.29, 1.82) is 0 Å². The largest absolute Gasteiger partial charge is 0.381 e. The first-order valence-corrected chi connectivity index (χ1v) is 13.3. The molecule has 2 heterocycles. The van der Waals surface area contributed by atoms with Gasteiger partial charge in [0.05, 0.1) is 22.9 Å². The molecule has 1 amide bonds. The summed E-state index contributed by atoms with van der Waals surface area (Å²) in [6.45, 7) is 3.52. The molecule has 0 spiro atoms. The van der Waals surface area contributed by atoms with Crippen LogP contribution in [-0.4, -0.2) is 41.6 Å². The van der Waals surface area contributed by atoms with E-state index in [0.717, 1.165) is 37.9 Å². The summed E-state index contributed by atoms with van der Waals surface area (Å²) >= 11 is 0. The minimum Gasteiger partial charge on any atom is -0.381 e. The Morgan fingerprint density at radius 2 is 1.76 bits per heavy atom. The Morgan fingerprint density at radius 1 is 1.08 bits per heavy atom. The van der Waals surface area contributed by atoms with Gasteiger partial charge in [0.15, 0.2) is 0 Å². The van der Waals surface area contributed by atoms with Crippen molar-refractivity contribution in [2.75, 3.05) is 25.5 Å². The van der Waals surface area contributed by atoms with Gasteiger partial charge in [0.25, 0.3) is 17.9 Å². The number of carbonyl (C=O) groups excluding carboxylic acids is 1. The first-order valence-electron chi connectivity index (χ1n) is 13.3. The van der Waals surface area contributed by atoms with E-state index in [1.165, 1.54) is 31.0 Å². The van der Waals surface area contributed by atoms with E-state index in [2.05, 4.69) is 22.6 Å². The number of rotatable bonds is 8. The molecule has 6 rings (SSSR count). The van der Waals surface area contributed by atoms with E-state index in [-0.39, 0.29) is 23.2 Å². The molecule has 9 heteroatoms. The summed E-state index contributed by atoms with van der Waals surface area (Å²) in [7, 11) is 2.08. The molecule has 3 aliphatic carbocycles. The van der Waals surface area contributed by atoms with Crippen molar-refractivity contribution in [1.82, 2.24) is 14.8 Å². The van der Waals surface area contributed by atoms with Crippen LogP contribution in [0, 0.1) is 29.5 Å². The highest BCUT2D eigenvalue weighted by Crippen LogP contribution is 2.51. The second kappa shape index (κ2) is 9.19. The number of piperidine rings is 1. The summed E-state index contributed by atoms with van der Waals surface area (Å²) in [5.41, 5.74) is -0.0159. The predicted octanol–water partition coefficient (Wildman–Crippen LogP) is 4.75. The lowest BCUT2D eigenvalue weighted by atomic mass is 9.77. The molecule has 2 N–H and O–H groups in total. The third kappa shape index (κ3) is 4.56. The van der Waals surface area contributed by atoms with E-state index in [4.69, 9.17) is 0 Å². The number of fused-ring (bicyclic) bond motifs is 1. The number of alkyl halides is 2. The van der Waals surface area contributed by atoms with Gasteiger partial charge >= 0.3 is 0 Å². The highest BCUT2D eigenvalue weighted by Gasteiger charge is 2.55. The highest BCUT2D eigenvalue weighted by atomic mass is 19.3. The van der Waals surface area contributed by atoms with E-state index in [1.54, 1.807) is 17.7 Å². The molecule has 0 radical (unpaired) electrons. The Morgan fingerprint density at radius 3 is 2.41 bits per heavy atom. The molecule has 1 aliphatic heterocycles. The Labute approximate surface area is 214 Å². The number of hydrogen-bond donors (Lipinski definition) is 2. The first-order chi connectivity index (χ1) is 17.7. The van der Waals surface area contributed by atoms with Gasteiger partial charge in [0.2, 0.25) is 0 Å². The van der Waals surface area contributed by atoms with Crippen LogP contribution in [0.4, 0.5) is 18.9 Å². The van der Waals surface area contributed by atoms with Crippen molar-refractivity contribution in [3.8, 4) is 0 Å². The van der Waals surface area contributed by atoms with Gasteiger partial charge in [-0.2, -0.15) is 0 Å². The van der Waals surface area contributed by atoms with Crippen LogP contribution < -0.4 is 16.2 Å². The number of aromatic nitrogens is 1. The minimum absolute atomic E-state index is 0.0000102. The number of carbonyl (C=O) groups is 1. The molecule has 1 aromatic carbocycles. The smallest absolute Gasteiger partial charge is 0.266 e. The monoisotopic (exact) mass is 514 g/mol. The highest BCUT2D eigenvalue weighted by molar-refractivity contribution is 5.99. The summed E-state index contributed by atoms with van der Waals surface area (Å²) in [5, 5.41) is 6.22. The van der Waals surface area contributed by atoms with E-state index in [0.29, 0.717) is 29.0 Å². The summed E-state index contributed by atoms with van der Waals surface area (Å²) in [6, 6.07) is 4.78. The summed E-state index contributed by atoms with van der Waals surface area (Å²) in [5.74, 6) is 0.928. The zero-order chi connectivity index (χ0) is 26.0. The van der Waals surface area contributed by atoms with Crippen molar-refractivity contribution < 1.29 is 18.0 Å². The zero-order valence-corrected chi connectivity index (χ0v) is 21.1. The van der Waals surface area contributed by atoms with Crippen LogP contribution in [0.15, 0.2) is 35.3 Å². The lowest BCUT2D eigenvalue weighted by molar-refractivity contribution is 0.0938. The summed E-state index contributed by atoms with van der Waals surface area (Å²) < 4.78 is 42.8. The fraction of sp³-hybridized carbons (Fsp3) is 0.571. The maximum Gasteiger partial charge on any atom is 0.266 e. The normalized spacial score (nSPS) is 29.5. The molecule has 4 aliphatic rings. The van der Waals surface area contributed by atoms with Crippen molar-refractivity contribution in [2.24, 2.45) is 23.7 Å². The van der Waals surface area contributed by atoms with Crippen LogP contribution in [0.5, 0.6) is 0 Å². The van der Waals surface area contributed by atoms with Crippen LogP contribution in [0.2, 0.25) is 0 Å². The topological polar surface area (TPSA) is 66.4 Å². The fourth-order valence-electron chi connectivity index (χ4n) is 6.50. The Hall–Kier alpha value is -2.81. The molecule has 3 saturated carbocycles. The van der Waals surface area contributed by atoms with Crippen LogP contribution >= 0.6 is 0 Å². The Kier molecular flexibility index (Phi) is 6.09. The van der Waals surface area contributed by atoms with Crippen molar-refractivity contribution in [2.45, 2.75) is 57.2 Å². The number of nitrogens with one attached hydrogen (secondary N) is 2. The molecule has 2 aromatic rings. The lowest BCUT2D eigenvalue weighted by Gasteiger charge is -2.37. The van der Waals surface area contributed by atoms with Crippen LogP contribution in [0.3, 0.4) is 0 Å². The third-order valence-corrected chi connectivity index (χ3v) is 8.96. The van der Waals surface area contributed by atoms with E-state index in [1.807, 2.05) is 0 Å². The fourth-order valence-corrected chi connectivity index (χ4v) is 6.50. The molecule has 37 heavy (non-hydrogen) atoms. The first kappa shape index (κ1) is 24.5. The number of nitrogens with zero attached hydrogens (tertiary/aromatic N) is 2. The van der Waals surface area contributed by atoms with Gasteiger partial charge in [-0.1, -0.05) is 18.2 Å². The lowest BCUT2D eigenvalue weighted by Crippen LogP contribution is -2.36. The number of amides is 1. The number of likely N-dealkylation sites (tertiary alicyclic amines) is 1. The maximum atomic E-state index is 14.7. The molecule has 198 valence electrons.